The second kappa shape index (κ2) is 6.29. The van der Waals surface area contributed by atoms with Crippen LogP contribution in [0.5, 0.6) is 5.75 Å². The van der Waals surface area contributed by atoms with Gasteiger partial charge in [-0.3, -0.25) is 0 Å². The molecule has 5 nitrogen and oxygen atoms in total. The van der Waals surface area contributed by atoms with Gasteiger partial charge in [-0.05, 0) is 12.1 Å². The minimum Gasteiger partial charge on any atom is -0.419 e. The number of carbonyl (C=O) groups excluding carboxylic acids is 1. The van der Waals surface area contributed by atoms with E-state index in [9.17, 15) is 18.0 Å². The largest absolute Gasteiger partial charge is 0.434 e. The van der Waals surface area contributed by atoms with Crippen LogP contribution in [-0.2, 0) is 4.79 Å². The van der Waals surface area contributed by atoms with Gasteiger partial charge in [0.15, 0.2) is 11.4 Å². The van der Waals surface area contributed by atoms with E-state index < -0.39 is 23.6 Å². The van der Waals surface area contributed by atoms with Gasteiger partial charge in [0.1, 0.15) is 5.71 Å². The Morgan fingerprint density at radius 3 is 2.43 bits per heavy atom. The van der Waals surface area contributed by atoms with Gasteiger partial charge in [0.25, 0.3) is 0 Å². The molecule has 1 aromatic carbocycles. The summed E-state index contributed by atoms with van der Waals surface area (Å²) >= 11 is 11.7. The summed E-state index contributed by atoms with van der Waals surface area (Å²) in [7, 11) is 1.37. The quantitative estimate of drug-likeness (QED) is 0.494. The van der Waals surface area contributed by atoms with Crippen molar-refractivity contribution in [3.05, 3.63) is 34.1 Å². The summed E-state index contributed by atoms with van der Waals surface area (Å²) in [6.07, 6.45) is -3.89. The van der Waals surface area contributed by atoms with Gasteiger partial charge in [0.2, 0.25) is 0 Å². The lowest BCUT2D eigenvalue weighted by molar-refractivity contribution is -0.127. The lowest BCUT2D eigenvalue weighted by Crippen LogP contribution is -2.35. The number of hydrogen-bond donors (Lipinski definition) is 1. The zero-order valence-electron chi connectivity index (χ0n) is 11.6. The number of carbonyl (C=O) groups is 1. The predicted molar refractivity (Wildman–Crippen MR) is 80.7 cm³/mol. The molecule has 0 saturated carbocycles. The van der Waals surface area contributed by atoms with Crippen molar-refractivity contribution in [3.8, 4) is 5.75 Å². The molecule has 10 heteroatoms. The Hall–Kier alpha value is -1.93. The van der Waals surface area contributed by atoms with Crippen LogP contribution in [0.3, 0.4) is 0 Å². The number of nitrogens with two attached hydrogens (primary N) is 1. The molecule has 0 saturated heterocycles. The normalized spacial score (nSPS) is 15.1. The third kappa shape index (κ3) is 4.08. The standard InChI is InChI=1S/C13H10Cl2F3N3O2/c1-21-4-9(20-10(5-21)13(16,17)18)12(22)23-11-7(14)2-6(19)3-8(11)15/h2-3,5H,4,19H2,1H3. The Kier molecular flexibility index (Phi) is 4.76. The highest BCUT2D eigenvalue weighted by Gasteiger charge is 2.37. The van der Waals surface area contributed by atoms with E-state index in [1.165, 1.54) is 24.1 Å². The molecule has 1 aliphatic heterocycles. The highest BCUT2D eigenvalue weighted by Crippen LogP contribution is 2.35. The van der Waals surface area contributed by atoms with Crippen LogP contribution in [0.2, 0.25) is 10.0 Å². The molecule has 0 radical (unpaired) electrons. The number of halogens is 5. The summed E-state index contributed by atoms with van der Waals surface area (Å²) in [6, 6.07) is 2.60. The van der Waals surface area contributed by atoms with Crippen LogP contribution in [-0.4, -0.2) is 36.3 Å². The monoisotopic (exact) mass is 367 g/mol. The number of nitrogens with zero attached hydrogens (tertiary/aromatic N) is 2. The van der Waals surface area contributed by atoms with Gasteiger partial charge < -0.3 is 15.4 Å². The van der Waals surface area contributed by atoms with Crippen molar-refractivity contribution >= 4 is 40.6 Å². The van der Waals surface area contributed by atoms with Crippen molar-refractivity contribution in [2.24, 2.45) is 4.99 Å². The number of ether oxygens (including phenoxy) is 1. The molecule has 0 bridgehead atoms. The van der Waals surface area contributed by atoms with Gasteiger partial charge in [0, 0.05) is 18.9 Å². The number of alkyl halides is 3. The second-order valence-corrected chi connectivity index (χ2v) is 5.50. The molecular weight excluding hydrogens is 358 g/mol. The van der Waals surface area contributed by atoms with E-state index in [4.69, 9.17) is 33.7 Å². The molecule has 0 spiro atoms. The summed E-state index contributed by atoms with van der Waals surface area (Å²) in [6.45, 7) is -0.150. The molecule has 2 rings (SSSR count). The molecule has 0 aliphatic carbocycles. The van der Waals surface area contributed by atoms with Crippen molar-refractivity contribution in [1.82, 2.24) is 4.90 Å². The van der Waals surface area contributed by atoms with Crippen LogP contribution < -0.4 is 10.5 Å². The van der Waals surface area contributed by atoms with Crippen LogP contribution >= 0.6 is 23.2 Å². The number of anilines is 1. The van der Waals surface area contributed by atoms with Crippen LogP contribution in [0.25, 0.3) is 0 Å². The number of nitrogen functional groups attached to an aromatic ring is 1. The first kappa shape index (κ1) is 17.4. The first-order valence-electron chi connectivity index (χ1n) is 6.11. The maximum atomic E-state index is 12.7. The van der Waals surface area contributed by atoms with Gasteiger partial charge >= 0.3 is 12.1 Å². The zero-order chi connectivity index (χ0) is 17.4. The number of benzene rings is 1. The van der Waals surface area contributed by atoms with E-state index in [0.29, 0.717) is 0 Å². The Labute approximate surface area is 139 Å². The van der Waals surface area contributed by atoms with Crippen molar-refractivity contribution < 1.29 is 22.7 Å². The highest BCUT2D eigenvalue weighted by molar-refractivity contribution is 6.41. The molecular formula is C13H10Cl2F3N3O2. The number of aliphatic imine (C=N–C) groups is 1. The first-order chi connectivity index (χ1) is 10.6. The van der Waals surface area contributed by atoms with E-state index in [1.54, 1.807) is 0 Å². The topological polar surface area (TPSA) is 67.9 Å². The van der Waals surface area contributed by atoms with Gasteiger partial charge in [-0.2, -0.15) is 13.2 Å². The molecule has 0 unspecified atom stereocenters. The van der Waals surface area contributed by atoms with E-state index in [1.807, 2.05) is 0 Å². The van der Waals surface area contributed by atoms with Crippen molar-refractivity contribution in [2.45, 2.75) is 6.18 Å². The van der Waals surface area contributed by atoms with Crippen LogP contribution in [0.15, 0.2) is 29.0 Å². The molecule has 0 aromatic heterocycles. The third-order valence-corrected chi connectivity index (χ3v) is 3.30. The highest BCUT2D eigenvalue weighted by atomic mass is 35.5. The average Bonchev–Trinajstić information content (AvgIpc) is 2.40. The maximum Gasteiger partial charge on any atom is 0.434 e. The lowest BCUT2D eigenvalue weighted by atomic mass is 10.2. The van der Waals surface area contributed by atoms with E-state index >= 15 is 0 Å². The zero-order valence-corrected chi connectivity index (χ0v) is 13.1. The predicted octanol–water partition coefficient (Wildman–Crippen LogP) is 3.27. The Morgan fingerprint density at radius 2 is 1.91 bits per heavy atom. The lowest BCUT2D eigenvalue weighted by Gasteiger charge is -2.22. The molecule has 23 heavy (non-hydrogen) atoms. The molecule has 0 amide bonds. The van der Waals surface area contributed by atoms with Gasteiger partial charge in [-0.1, -0.05) is 23.2 Å². The molecule has 1 heterocycles. The van der Waals surface area contributed by atoms with Crippen LogP contribution in [0, 0.1) is 0 Å². The second-order valence-electron chi connectivity index (χ2n) is 4.69. The number of rotatable bonds is 2. The minimum absolute atomic E-state index is 0.0419. The Morgan fingerprint density at radius 1 is 1.35 bits per heavy atom. The molecule has 0 atom stereocenters. The summed E-state index contributed by atoms with van der Waals surface area (Å²) < 4.78 is 43.2. The smallest absolute Gasteiger partial charge is 0.419 e. The Balaban J connectivity index is 2.28. The number of allylic oxidation sites excluding steroid dienone is 1. The van der Waals surface area contributed by atoms with Crippen LogP contribution in [0.4, 0.5) is 18.9 Å². The fourth-order valence-electron chi connectivity index (χ4n) is 1.78. The third-order valence-electron chi connectivity index (χ3n) is 2.74. The fraction of sp³-hybridized carbons (Fsp3) is 0.231. The van der Waals surface area contributed by atoms with Crippen molar-refractivity contribution in [3.63, 3.8) is 0 Å². The maximum absolute atomic E-state index is 12.7. The van der Waals surface area contributed by atoms with Gasteiger partial charge in [-0.25, -0.2) is 9.79 Å². The average molecular weight is 368 g/mol. The molecule has 0 fully saturated rings. The summed E-state index contributed by atoms with van der Waals surface area (Å²) in [5.41, 5.74) is 4.14. The first-order valence-corrected chi connectivity index (χ1v) is 6.87. The van der Waals surface area contributed by atoms with Crippen molar-refractivity contribution in [1.29, 1.82) is 0 Å². The van der Waals surface area contributed by atoms with Crippen molar-refractivity contribution in [2.75, 3.05) is 19.3 Å². The molecule has 1 aromatic rings. The molecule has 124 valence electrons. The summed E-state index contributed by atoms with van der Waals surface area (Å²) in [5.74, 6) is -1.28. The number of esters is 1. The molecule has 2 N–H and O–H groups in total. The fourth-order valence-corrected chi connectivity index (χ4v) is 2.36. The van der Waals surface area contributed by atoms with E-state index in [0.717, 1.165) is 6.20 Å². The Bertz CT molecular complexity index is 694. The van der Waals surface area contributed by atoms with Crippen LogP contribution in [0.1, 0.15) is 0 Å². The van der Waals surface area contributed by atoms with Gasteiger partial charge in [0.05, 0.1) is 16.6 Å². The molecule has 1 aliphatic rings. The summed E-state index contributed by atoms with van der Waals surface area (Å²) in [4.78, 5) is 16.5. The minimum atomic E-state index is -4.68. The van der Waals surface area contributed by atoms with Gasteiger partial charge in [-0.15, -0.1) is 0 Å². The SMILES string of the molecule is CN1C=C(C(F)(F)F)N=C(C(=O)Oc2c(Cl)cc(N)cc2Cl)C1. The number of hydrogen-bond acceptors (Lipinski definition) is 5. The van der Waals surface area contributed by atoms with E-state index in [-0.39, 0.29) is 28.0 Å². The summed E-state index contributed by atoms with van der Waals surface area (Å²) in [5, 5.41) is -0.0839. The van der Waals surface area contributed by atoms with E-state index in [2.05, 4.69) is 4.99 Å².